The highest BCUT2D eigenvalue weighted by Crippen LogP contribution is 2.40. The van der Waals surface area contributed by atoms with Crippen molar-refractivity contribution in [2.75, 3.05) is 25.7 Å². The first-order valence-corrected chi connectivity index (χ1v) is 11.2. The second kappa shape index (κ2) is 12.0. The zero-order valence-corrected chi connectivity index (χ0v) is 20.4. The molecule has 0 aromatic heterocycles. The largest absolute Gasteiger partial charge is 0.491 e. The molecule has 0 fully saturated rings. The number of rotatable bonds is 11. The molecule has 176 valence electrons. The Morgan fingerprint density at radius 1 is 0.938 bits per heavy atom. The van der Waals surface area contributed by atoms with Gasteiger partial charge in [-0.1, -0.05) is 49.2 Å². The number of aliphatic hydroxyl groups is 2. The van der Waals surface area contributed by atoms with Crippen LogP contribution in [0.3, 0.4) is 0 Å². The van der Waals surface area contributed by atoms with Crippen molar-refractivity contribution in [3.05, 3.63) is 57.6 Å². The third-order valence-corrected chi connectivity index (χ3v) is 5.73. The molecular formula is C23H27Cl3O6. The molecule has 32 heavy (non-hydrogen) atoms. The molecule has 0 spiro atoms. The van der Waals surface area contributed by atoms with Gasteiger partial charge in [0.1, 0.15) is 37.8 Å². The van der Waals surface area contributed by atoms with Crippen LogP contribution in [0, 0.1) is 0 Å². The summed E-state index contributed by atoms with van der Waals surface area (Å²) in [4.78, 5) is 10.8. The number of hydrogen-bond donors (Lipinski definition) is 2. The first kappa shape index (κ1) is 26.6. The quantitative estimate of drug-likeness (QED) is 0.343. The van der Waals surface area contributed by atoms with Gasteiger partial charge < -0.3 is 24.4 Å². The lowest BCUT2D eigenvalue weighted by atomic mass is 9.78. The third-order valence-electron chi connectivity index (χ3n) is 4.82. The van der Waals surface area contributed by atoms with Gasteiger partial charge in [-0.25, -0.2) is 0 Å². The van der Waals surface area contributed by atoms with Gasteiger partial charge in [0.05, 0.1) is 15.9 Å². The number of carbonyl (C=O) groups is 1. The predicted molar refractivity (Wildman–Crippen MR) is 125 cm³/mol. The molecule has 2 atom stereocenters. The van der Waals surface area contributed by atoms with Gasteiger partial charge in [0, 0.05) is 12.3 Å². The average Bonchev–Trinajstić information content (AvgIpc) is 2.75. The number of halogens is 3. The van der Waals surface area contributed by atoms with E-state index >= 15 is 0 Å². The van der Waals surface area contributed by atoms with Gasteiger partial charge in [0.2, 0.25) is 0 Å². The van der Waals surface area contributed by atoms with Crippen LogP contribution in [0.15, 0.2) is 36.4 Å². The highest BCUT2D eigenvalue weighted by atomic mass is 35.5. The summed E-state index contributed by atoms with van der Waals surface area (Å²) in [5.41, 5.74) is 1.43. The van der Waals surface area contributed by atoms with Crippen LogP contribution >= 0.6 is 34.8 Å². The molecule has 0 saturated heterocycles. The fraction of sp³-hybridized carbons (Fsp3) is 0.435. The molecule has 2 N–H and O–H groups in total. The minimum Gasteiger partial charge on any atom is -0.491 e. The zero-order chi connectivity index (χ0) is 23.9. The lowest BCUT2D eigenvalue weighted by molar-refractivity contribution is -0.144. The Kier molecular flexibility index (Phi) is 9.92. The zero-order valence-electron chi connectivity index (χ0n) is 18.1. The summed E-state index contributed by atoms with van der Waals surface area (Å²) in [6.07, 6.45) is -1.73. The van der Waals surface area contributed by atoms with Crippen molar-refractivity contribution in [3.8, 4) is 11.5 Å². The van der Waals surface area contributed by atoms with Gasteiger partial charge in [-0.05, 0) is 35.4 Å². The Bertz CT molecular complexity index is 878. The van der Waals surface area contributed by atoms with Crippen LogP contribution in [0.4, 0.5) is 0 Å². The highest BCUT2D eigenvalue weighted by molar-refractivity contribution is 6.37. The van der Waals surface area contributed by atoms with E-state index in [2.05, 4.69) is 0 Å². The highest BCUT2D eigenvalue weighted by Gasteiger charge is 2.26. The SMILES string of the molecule is CC(=O)OC[C@@H](O)COc1ccc(C(C)(C)c2cc(Cl)c(OC[C@@H](O)CCl)c(Cl)c2)cc1. The maximum Gasteiger partial charge on any atom is 0.302 e. The molecule has 2 aromatic rings. The van der Waals surface area contributed by atoms with E-state index in [-0.39, 0.29) is 25.7 Å². The van der Waals surface area contributed by atoms with Crippen LogP contribution in [0.2, 0.25) is 10.0 Å². The monoisotopic (exact) mass is 504 g/mol. The molecule has 6 nitrogen and oxygen atoms in total. The fourth-order valence-electron chi connectivity index (χ4n) is 2.87. The number of aliphatic hydroxyl groups excluding tert-OH is 2. The summed E-state index contributed by atoms with van der Waals surface area (Å²) < 4.78 is 15.8. The lowest BCUT2D eigenvalue weighted by Crippen LogP contribution is -2.24. The molecule has 0 amide bonds. The Morgan fingerprint density at radius 3 is 2.03 bits per heavy atom. The second-order valence-corrected chi connectivity index (χ2v) is 8.93. The molecule has 0 aliphatic rings. The van der Waals surface area contributed by atoms with Crippen molar-refractivity contribution in [3.63, 3.8) is 0 Å². The van der Waals surface area contributed by atoms with Gasteiger partial charge in [0.15, 0.2) is 5.75 Å². The topological polar surface area (TPSA) is 85.2 Å². The molecule has 0 unspecified atom stereocenters. The van der Waals surface area contributed by atoms with E-state index in [9.17, 15) is 15.0 Å². The van der Waals surface area contributed by atoms with Crippen LogP contribution in [0.1, 0.15) is 31.9 Å². The third kappa shape index (κ3) is 7.42. The molecule has 0 saturated carbocycles. The van der Waals surface area contributed by atoms with E-state index < -0.39 is 23.6 Å². The average molecular weight is 506 g/mol. The number of alkyl halides is 1. The number of esters is 1. The van der Waals surface area contributed by atoms with Crippen molar-refractivity contribution in [1.29, 1.82) is 0 Å². The molecule has 0 bridgehead atoms. The van der Waals surface area contributed by atoms with Gasteiger partial charge in [0.25, 0.3) is 0 Å². The minimum atomic E-state index is -0.911. The van der Waals surface area contributed by atoms with Gasteiger partial charge >= 0.3 is 5.97 Å². The van der Waals surface area contributed by atoms with Crippen molar-refractivity contribution in [1.82, 2.24) is 0 Å². The Labute approximate surface area is 203 Å². The van der Waals surface area contributed by atoms with E-state index in [1.165, 1.54) is 6.92 Å². The van der Waals surface area contributed by atoms with Crippen molar-refractivity contribution in [2.45, 2.75) is 38.4 Å². The van der Waals surface area contributed by atoms with E-state index in [1.807, 2.05) is 26.0 Å². The molecule has 2 aromatic carbocycles. The number of benzene rings is 2. The summed E-state index contributed by atoms with van der Waals surface area (Å²) in [5, 5.41) is 20.1. The van der Waals surface area contributed by atoms with E-state index in [0.717, 1.165) is 11.1 Å². The Morgan fingerprint density at radius 2 is 1.50 bits per heavy atom. The van der Waals surface area contributed by atoms with E-state index in [0.29, 0.717) is 21.5 Å². The maximum atomic E-state index is 10.8. The molecular weight excluding hydrogens is 479 g/mol. The van der Waals surface area contributed by atoms with Crippen LogP contribution in [-0.2, 0) is 14.9 Å². The first-order valence-electron chi connectivity index (χ1n) is 9.95. The van der Waals surface area contributed by atoms with Crippen molar-refractivity contribution >= 4 is 40.8 Å². The Balaban J connectivity index is 2.10. The second-order valence-electron chi connectivity index (χ2n) is 7.80. The van der Waals surface area contributed by atoms with Crippen LogP contribution in [0.25, 0.3) is 0 Å². The number of ether oxygens (including phenoxy) is 3. The van der Waals surface area contributed by atoms with Crippen LogP contribution < -0.4 is 9.47 Å². The Hall–Kier alpha value is -1.70. The van der Waals surface area contributed by atoms with Gasteiger partial charge in [-0.3, -0.25) is 4.79 Å². The molecule has 9 heteroatoms. The molecule has 2 rings (SSSR count). The smallest absolute Gasteiger partial charge is 0.302 e. The summed E-state index contributed by atoms with van der Waals surface area (Å²) in [6.45, 7) is 5.22. The van der Waals surface area contributed by atoms with E-state index in [4.69, 9.17) is 49.0 Å². The first-order chi connectivity index (χ1) is 15.0. The van der Waals surface area contributed by atoms with Gasteiger partial charge in [-0.2, -0.15) is 0 Å². The molecule has 0 aliphatic carbocycles. The number of hydrogen-bond acceptors (Lipinski definition) is 6. The normalized spacial score (nSPS) is 13.4. The van der Waals surface area contributed by atoms with Gasteiger partial charge in [-0.15, -0.1) is 11.6 Å². The summed E-state index contributed by atoms with van der Waals surface area (Å²) in [6, 6.07) is 11.0. The molecule has 0 radical (unpaired) electrons. The standard InChI is InChI=1S/C23H27Cl3O6/c1-14(27)30-12-18(29)13-31-19-6-4-15(5-7-19)23(2,3)16-8-20(25)22(21(26)9-16)32-11-17(28)10-24/h4-9,17-18,28-29H,10-13H2,1-3H3/t17-,18+/m0/s1. The van der Waals surface area contributed by atoms with Crippen molar-refractivity contribution in [2.24, 2.45) is 0 Å². The molecule has 0 heterocycles. The summed E-state index contributed by atoms with van der Waals surface area (Å²) >= 11 is 18.4. The predicted octanol–water partition coefficient (Wildman–Crippen LogP) is 4.60. The minimum absolute atomic E-state index is 0.00110. The van der Waals surface area contributed by atoms with Crippen LogP contribution in [0.5, 0.6) is 11.5 Å². The summed E-state index contributed by atoms with van der Waals surface area (Å²) in [7, 11) is 0. The van der Waals surface area contributed by atoms with Crippen molar-refractivity contribution < 1.29 is 29.2 Å². The fourth-order valence-corrected chi connectivity index (χ4v) is 3.56. The van der Waals surface area contributed by atoms with E-state index in [1.54, 1.807) is 24.3 Å². The number of carbonyl (C=O) groups excluding carboxylic acids is 1. The lowest BCUT2D eigenvalue weighted by Gasteiger charge is -2.27. The van der Waals surface area contributed by atoms with Crippen LogP contribution in [-0.4, -0.2) is 54.1 Å². The molecule has 0 aliphatic heterocycles. The maximum absolute atomic E-state index is 10.8. The summed E-state index contributed by atoms with van der Waals surface area (Å²) in [5.74, 6) is 0.464.